The topological polar surface area (TPSA) is 97.5 Å². The van der Waals surface area contributed by atoms with Gasteiger partial charge in [0.1, 0.15) is 11.3 Å². The van der Waals surface area contributed by atoms with E-state index in [1.807, 2.05) is 39.5 Å². The largest absolute Gasteiger partial charge is 0.444 e. The number of benzene rings is 1. The van der Waals surface area contributed by atoms with Gasteiger partial charge >= 0.3 is 6.09 Å². The summed E-state index contributed by atoms with van der Waals surface area (Å²) in [6, 6.07) is 5.21. The predicted octanol–water partition coefficient (Wildman–Crippen LogP) is 4.26. The van der Waals surface area contributed by atoms with E-state index in [0.717, 1.165) is 0 Å². The SMILES string of the molecule is CC(C)(C)OC(=O)N1CCN(c2nnc(-c3cccc(Cl)c3Cl)c(N)n2)C(C)(C)C1. The first-order valence-electron chi connectivity index (χ1n) is 9.59. The Hall–Kier alpha value is -2.32. The summed E-state index contributed by atoms with van der Waals surface area (Å²) in [5.41, 5.74) is 6.14. The lowest BCUT2D eigenvalue weighted by Crippen LogP contribution is -2.61. The van der Waals surface area contributed by atoms with Gasteiger partial charge < -0.3 is 20.3 Å². The monoisotopic (exact) mass is 452 g/mol. The quantitative estimate of drug-likeness (QED) is 0.726. The molecule has 2 N–H and O–H groups in total. The third kappa shape index (κ3) is 4.70. The number of nitrogen functional groups attached to an aromatic ring is 1. The maximum atomic E-state index is 12.5. The molecule has 1 aromatic heterocycles. The minimum Gasteiger partial charge on any atom is -0.444 e. The van der Waals surface area contributed by atoms with Crippen molar-refractivity contribution in [2.24, 2.45) is 0 Å². The number of ether oxygens (including phenoxy) is 1. The molecule has 1 fully saturated rings. The highest BCUT2D eigenvalue weighted by Gasteiger charge is 2.39. The first kappa shape index (κ1) is 22.4. The molecule has 2 heterocycles. The van der Waals surface area contributed by atoms with E-state index in [1.54, 1.807) is 23.1 Å². The molecule has 162 valence electrons. The van der Waals surface area contributed by atoms with Crippen molar-refractivity contribution in [1.82, 2.24) is 20.1 Å². The van der Waals surface area contributed by atoms with Crippen molar-refractivity contribution in [1.29, 1.82) is 0 Å². The number of nitrogens with two attached hydrogens (primary N) is 1. The van der Waals surface area contributed by atoms with Crippen LogP contribution in [0, 0.1) is 0 Å². The smallest absolute Gasteiger partial charge is 0.410 e. The summed E-state index contributed by atoms with van der Waals surface area (Å²) in [4.78, 5) is 20.6. The van der Waals surface area contributed by atoms with Crippen molar-refractivity contribution in [3.05, 3.63) is 28.2 Å². The van der Waals surface area contributed by atoms with Gasteiger partial charge in [-0.2, -0.15) is 4.98 Å². The lowest BCUT2D eigenvalue weighted by molar-refractivity contribution is 0.0178. The summed E-state index contributed by atoms with van der Waals surface area (Å²) in [7, 11) is 0. The van der Waals surface area contributed by atoms with Gasteiger partial charge in [0.2, 0.25) is 5.95 Å². The van der Waals surface area contributed by atoms with Gasteiger partial charge in [-0.1, -0.05) is 35.3 Å². The fraction of sp³-hybridized carbons (Fsp3) is 0.500. The molecule has 0 bridgehead atoms. The molecule has 0 saturated carbocycles. The molecule has 3 rings (SSSR count). The van der Waals surface area contributed by atoms with Gasteiger partial charge in [0.05, 0.1) is 15.6 Å². The first-order chi connectivity index (χ1) is 13.9. The number of carbonyl (C=O) groups is 1. The summed E-state index contributed by atoms with van der Waals surface area (Å²) in [6.45, 7) is 11.0. The second-order valence-electron chi connectivity index (χ2n) is 8.81. The molecule has 1 saturated heterocycles. The summed E-state index contributed by atoms with van der Waals surface area (Å²) in [6.07, 6.45) is -0.334. The highest BCUT2D eigenvalue weighted by Crippen LogP contribution is 2.35. The number of halogens is 2. The van der Waals surface area contributed by atoms with Gasteiger partial charge in [0.25, 0.3) is 0 Å². The molecule has 1 aliphatic heterocycles. The number of rotatable bonds is 2. The molecule has 30 heavy (non-hydrogen) atoms. The van der Waals surface area contributed by atoms with E-state index in [2.05, 4.69) is 15.2 Å². The maximum absolute atomic E-state index is 12.5. The van der Waals surface area contributed by atoms with Crippen molar-refractivity contribution in [2.75, 3.05) is 30.3 Å². The van der Waals surface area contributed by atoms with E-state index in [-0.39, 0.29) is 11.9 Å². The number of anilines is 2. The number of aromatic nitrogens is 3. The van der Waals surface area contributed by atoms with Crippen molar-refractivity contribution < 1.29 is 9.53 Å². The van der Waals surface area contributed by atoms with Gasteiger partial charge in [0, 0.05) is 25.2 Å². The van der Waals surface area contributed by atoms with Crippen LogP contribution in [0.4, 0.5) is 16.6 Å². The summed E-state index contributed by atoms with van der Waals surface area (Å²) in [5, 5.41) is 9.30. The maximum Gasteiger partial charge on any atom is 0.410 e. The fourth-order valence-corrected chi connectivity index (χ4v) is 3.72. The molecule has 8 nitrogen and oxygen atoms in total. The Balaban J connectivity index is 1.82. The molecule has 10 heteroatoms. The summed E-state index contributed by atoms with van der Waals surface area (Å²) in [5.74, 6) is 0.595. The Morgan fingerprint density at radius 3 is 2.50 bits per heavy atom. The number of amides is 1. The first-order valence-corrected chi connectivity index (χ1v) is 10.3. The second kappa shape index (κ2) is 8.07. The molecular formula is C20H26Cl2N6O2. The average Bonchev–Trinajstić information content (AvgIpc) is 2.62. The van der Waals surface area contributed by atoms with Crippen LogP contribution in [0.25, 0.3) is 11.3 Å². The van der Waals surface area contributed by atoms with Crippen molar-refractivity contribution in [3.8, 4) is 11.3 Å². The predicted molar refractivity (Wildman–Crippen MR) is 119 cm³/mol. The van der Waals surface area contributed by atoms with E-state index >= 15 is 0 Å². The normalized spacial score (nSPS) is 16.5. The van der Waals surface area contributed by atoms with Crippen LogP contribution in [0.3, 0.4) is 0 Å². The van der Waals surface area contributed by atoms with Crippen molar-refractivity contribution in [2.45, 2.75) is 45.8 Å². The van der Waals surface area contributed by atoms with Gasteiger partial charge in [-0.3, -0.25) is 0 Å². The van der Waals surface area contributed by atoms with E-state index in [1.165, 1.54) is 0 Å². The Kier molecular flexibility index (Phi) is 6.02. The molecule has 0 unspecified atom stereocenters. The molecule has 0 atom stereocenters. The van der Waals surface area contributed by atoms with Crippen LogP contribution in [0.1, 0.15) is 34.6 Å². The molecule has 1 amide bonds. The van der Waals surface area contributed by atoms with Crippen LogP contribution < -0.4 is 10.6 Å². The fourth-order valence-electron chi connectivity index (χ4n) is 3.33. The second-order valence-corrected chi connectivity index (χ2v) is 9.60. The summed E-state index contributed by atoms with van der Waals surface area (Å²) >= 11 is 12.4. The number of nitrogens with zero attached hydrogens (tertiary/aromatic N) is 5. The number of carbonyl (C=O) groups excluding carboxylic acids is 1. The molecule has 2 aromatic rings. The van der Waals surface area contributed by atoms with Crippen LogP contribution in [0.2, 0.25) is 10.0 Å². The zero-order valence-electron chi connectivity index (χ0n) is 17.7. The van der Waals surface area contributed by atoms with Crippen molar-refractivity contribution in [3.63, 3.8) is 0 Å². The lowest BCUT2D eigenvalue weighted by Gasteiger charge is -2.46. The van der Waals surface area contributed by atoms with Gasteiger partial charge in [-0.15, -0.1) is 10.2 Å². The zero-order chi connectivity index (χ0) is 22.3. The Bertz CT molecular complexity index is 961. The molecule has 1 aliphatic rings. The van der Waals surface area contributed by atoms with Crippen LogP contribution in [0.5, 0.6) is 0 Å². The minimum atomic E-state index is -0.544. The van der Waals surface area contributed by atoms with E-state index in [4.69, 9.17) is 33.7 Å². The number of piperazine rings is 1. The highest BCUT2D eigenvalue weighted by molar-refractivity contribution is 6.43. The Morgan fingerprint density at radius 1 is 1.20 bits per heavy atom. The molecule has 1 aromatic carbocycles. The van der Waals surface area contributed by atoms with Crippen LogP contribution in [0.15, 0.2) is 18.2 Å². The van der Waals surface area contributed by atoms with Crippen molar-refractivity contribution >= 4 is 41.1 Å². The zero-order valence-corrected chi connectivity index (χ0v) is 19.3. The van der Waals surface area contributed by atoms with Crippen LogP contribution in [-0.2, 0) is 4.74 Å². The summed E-state index contributed by atoms with van der Waals surface area (Å²) < 4.78 is 5.50. The highest BCUT2D eigenvalue weighted by atomic mass is 35.5. The Morgan fingerprint density at radius 2 is 1.90 bits per heavy atom. The Labute approximate surface area is 186 Å². The minimum absolute atomic E-state index is 0.203. The third-order valence-electron chi connectivity index (χ3n) is 4.70. The van der Waals surface area contributed by atoms with Crippen LogP contribution >= 0.6 is 23.2 Å². The number of hydrogen-bond acceptors (Lipinski definition) is 7. The third-order valence-corrected chi connectivity index (χ3v) is 5.52. The molecule has 0 radical (unpaired) electrons. The van der Waals surface area contributed by atoms with E-state index in [9.17, 15) is 4.79 Å². The average molecular weight is 453 g/mol. The van der Waals surface area contributed by atoms with Gasteiger partial charge in [0.15, 0.2) is 5.82 Å². The van der Waals surface area contributed by atoms with E-state index in [0.29, 0.717) is 46.9 Å². The van der Waals surface area contributed by atoms with Gasteiger partial charge in [-0.05, 0) is 40.7 Å². The molecule has 0 aliphatic carbocycles. The van der Waals surface area contributed by atoms with Crippen LogP contribution in [-0.4, -0.2) is 56.9 Å². The molecular weight excluding hydrogens is 427 g/mol. The standard InChI is InChI=1S/C20H26Cl2N6O2/c1-19(2,3)30-18(29)27-9-10-28(20(4,5)11-27)17-24-16(23)15(25-26-17)12-7-6-8-13(21)14(12)22/h6-8H,9-11H2,1-5H3,(H2,23,24,26). The van der Waals surface area contributed by atoms with E-state index < -0.39 is 11.1 Å². The lowest BCUT2D eigenvalue weighted by atomic mass is 9.99. The van der Waals surface area contributed by atoms with Gasteiger partial charge in [-0.25, -0.2) is 4.79 Å². The molecule has 0 spiro atoms. The number of hydrogen-bond donors (Lipinski definition) is 1.